The van der Waals surface area contributed by atoms with Crippen LogP contribution in [0.1, 0.15) is 15.9 Å². The zero-order valence-electron chi connectivity index (χ0n) is 18.8. The Labute approximate surface area is 203 Å². The van der Waals surface area contributed by atoms with E-state index in [1.54, 1.807) is 24.3 Å². The maximum Gasteiger partial charge on any atom is 0.344 e. The summed E-state index contributed by atoms with van der Waals surface area (Å²) >= 11 is 0. The van der Waals surface area contributed by atoms with Crippen LogP contribution in [0.3, 0.4) is 0 Å². The molecule has 0 heterocycles. The first-order chi connectivity index (χ1) is 17.4. The number of rotatable bonds is 8. The van der Waals surface area contributed by atoms with Crippen molar-refractivity contribution >= 4 is 40.0 Å². The fourth-order valence-electron chi connectivity index (χ4n) is 3.47. The van der Waals surface area contributed by atoms with E-state index in [2.05, 4.69) is 10.5 Å². The van der Waals surface area contributed by atoms with E-state index in [0.29, 0.717) is 16.9 Å². The molecule has 0 spiro atoms. The van der Waals surface area contributed by atoms with E-state index in [0.717, 1.165) is 22.9 Å². The van der Waals surface area contributed by atoms with Gasteiger partial charge in [0.15, 0.2) is 11.5 Å². The molecule has 0 saturated heterocycles. The van der Waals surface area contributed by atoms with Gasteiger partial charge < -0.3 is 9.47 Å². The highest BCUT2D eigenvalue weighted by atomic mass is 16.6. The summed E-state index contributed by atoms with van der Waals surface area (Å²) < 4.78 is 10.9. The Morgan fingerprint density at radius 3 is 2.44 bits per heavy atom. The highest BCUT2D eigenvalue weighted by molar-refractivity contribution is 6.05. The van der Waals surface area contributed by atoms with Crippen molar-refractivity contribution < 1.29 is 24.1 Å². The van der Waals surface area contributed by atoms with E-state index in [9.17, 15) is 25.0 Å². The number of nitrogens with zero attached hydrogens (tertiary/aromatic N) is 3. The summed E-state index contributed by atoms with van der Waals surface area (Å²) in [5.41, 5.74) is 2.45. The molecule has 4 aromatic carbocycles. The van der Waals surface area contributed by atoms with Gasteiger partial charge in [-0.25, -0.2) is 4.79 Å². The number of carbonyl (C=O) groups excluding carboxylic acids is 1. The summed E-state index contributed by atoms with van der Waals surface area (Å²) in [5, 5.41) is 27.8. The maximum absolute atomic E-state index is 12.9. The van der Waals surface area contributed by atoms with Gasteiger partial charge in [-0.2, -0.15) is 5.10 Å². The van der Waals surface area contributed by atoms with Gasteiger partial charge in [0.2, 0.25) is 0 Å². The van der Waals surface area contributed by atoms with Crippen molar-refractivity contribution in [1.29, 1.82) is 0 Å². The lowest BCUT2D eigenvalue weighted by Gasteiger charge is -2.11. The highest BCUT2D eigenvalue weighted by Gasteiger charge is 2.19. The van der Waals surface area contributed by atoms with Crippen molar-refractivity contribution in [2.75, 3.05) is 12.5 Å². The second kappa shape index (κ2) is 10.3. The van der Waals surface area contributed by atoms with Crippen LogP contribution < -0.4 is 14.9 Å². The molecular weight excluding hydrogens is 468 g/mol. The first-order valence-electron chi connectivity index (χ1n) is 10.5. The Morgan fingerprint density at radius 2 is 1.69 bits per heavy atom. The molecule has 0 radical (unpaired) electrons. The SMILES string of the molecule is COc1ccc(/C=N\Nc2ccc([N+](=O)[O-])cc2[N+](=O)[O-])cc1OC(=O)c1cccc2ccccc12. The number of methoxy groups -OCH3 is 1. The van der Waals surface area contributed by atoms with Gasteiger partial charge in [-0.05, 0) is 46.7 Å². The smallest absolute Gasteiger partial charge is 0.344 e. The number of esters is 1. The van der Waals surface area contributed by atoms with Gasteiger partial charge in [-0.1, -0.05) is 36.4 Å². The Kier molecular flexibility index (Phi) is 6.82. The Morgan fingerprint density at radius 1 is 0.917 bits per heavy atom. The van der Waals surface area contributed by atoms with Gasteiger partial charge in [0, 0.05) is 6.07 Å². The molecule has 0 amide bonds. The van der Waals surface area contributed by atoms with E-state index < -0.39 is 27.2 Å². The van der Waals surface area contributed by atoms with Crippen LogP contribution in [-0.4, -0.2) is 29.1 Å². The summed E-state index contributed by atoms with van der Waals surface area (Å²) in [7, 11) is 1.44. The lowest BCUT2D eigenvalue weighted by molar-refractivity contribution is -0.393. The van der Waals surface area contributed by atoms with E-state index in [1.807, 2.05) is 30.3 Å². The monoisotopic (exact) mass is 486 g/mol. The molecular formula is C25H18N4O7. The van der Waals surface area contributed by atoms with Gasteiger partial charge >= 0.3 is 11.7 Å². The van der Waals surface area contributed by atoms with Crippen LogP contribution in [0.25, 0.3) is 10.8 Å². The van der Waals surface area contributed by atoms with Crippen LogP contribution in [0.2, 0.25) is 0 Å². The molecule has 0 aliphatic rings. The average Bonchev–Trinajstić information content (AvgIpc) is 2.88. The third-order valence-corrected chi connectivity index (χ3v) is 5.19. The highest BCUT2D eigenvalue weighted by Crippen LogP contribution is 2.31. The molecule has 4 rings (SSSR count). The minimum Gasteiger partial charge on any atom is -0.493 e. The van der Waals surface area contributed by atoms with E-state index >= 15 is 0 Å². The number of anilines is 1. The minimum atomic E-state index is -0.747. The predicted octanol–water partition coefficient (Wildman–Crippen LogP) is 5.33. The van der Waals surface area contributed by atoms with Crippen molar-refractivity contribution in [2.24, 2.45) is 5.10 Å². The molecule has 4 aromatic rings. The number of nitro groups is 2. The number of fused-ring (bicyclic) bond motifs is 1. The van der Waals surface area contributed by atoms with Crippen LogP contribution in [0.15, 0.2) is 84.0 Å². The number of hydrogen-bond acceptors (Lipinski definition) is 9. The fraction of sp³-hybridized carbons (Fsp3) is 0.0400. The number of hydrogen-bond donors (Lipinski definition) is 1. The third kappa shape index (κ3) is 5.09. The number of nitrogens with one attached hydrogen (secondary N) is 1. The fourth-order valence-corrected chi connectivity index (χ4v) is 3.47. The molecule has 0 saturated carbocycles. The molecule has 0 fully saturated rings. The van der Waals surface area contributed by atoms with E-state index in [1.165, 1.54) is 25.5 Å². The molecule has 0 aromatic heterocycles. The van der Waals surface area contributed by atoms with Crippen LogP contribution in [0.5, 0.6) is 11.5 Å². The van der Waals surface area contributed by atoms with Gasteiger partial charge in [0.05, 0.1) is 34.8 Å². The number of carbonyl (C=O) groups is 1. The van der Waals surface area contributed by atoms with Crippen molar-refractivity contribution in [3.63, 3.8) is 0 Å². The average molecular weight is 486 g/mol. The second-order valence-electron chi connectivity index (χ2n) is 7.41. The normalized spacial score (nSPS) is 10.8. The number of non-ortho nitro benzene ring substituents is 1. The van der Waals surface area contributed by atoms with E-state index in [-0.39, 0.29) is 11.4 Å². The van der Waals surface area contributed by atoms with Crippen molar-refractivity contribution in [3.8, 4) is 11.5 Å². The Bertz CT molecular complexity index is 1510. The number of nitro benzene ring substituents is 2. The first kappa shape index (κ1) is 23.8. The topological polar surface area (TPSA) is 146 Å². The largest absolute Gasteiger partial charge is 0.493 e. The minimum absolute atomic E-state index is 0.0297. The maximum atomic E-state index is 12.9. The Hall–Kier alpha value is -5.32. The van der Waals surface area contributed by atoms with Gasteiger partial charge in [-0.3, -0.25) is 25.7 Å². The quantitative estimate of drug-likeness (QED) is 0.116. The van der Waals surface area contributed by atoms with Gasteiger partial charge in [0.1, 0.15) is 5.69 Å². The first-order valence-corrected chi connectivity index (χ1v) is 10.5. The number of benzene rings is 4. The van der Waals surface area contributed by atoms with Crippen LogP contribution in [0, 0.1) is 20.2 Å². The molecule has 1 N–H and O–H groups in total. The third-order valence-electron chi connectivity index (χ3n) is 5.19. The lowest BCUT2D eigenvalue weighted by atomic mass is 10.0. The molecule has 0 aliphatic carbocycles. The van der Waals surface area contributed by atoms with Crippen molar-refractivity contribution in [3.05, 3.63) is 110 Å². The van der Waals surface area contributed by atoms with Crippen molar-refractivity contribution in [1.82, 2.24) is 0 Å². The summed E-state index contributed by atoms with van der Waals surface area (Å²) in [5.74, 6) is -0.0979. The van der Waals surface area contributed by atoms with Gasteiger partial charge in [0.25, 0.3) is 5.69 Å². The number of ether oxygens (including phenoxy) is 2. The second-order valence-corrected chi connectivity index (χ2v) is 7.41. The summed E-state index contributed by atoms with van der Waals surface area (Å²) in [6, 6.07) is 20.7. The zero-order chi connectivity index (χ0) is 25.7. The summed E-state index contributed by atoms with van der Waals surface area (Å²) in [6.45, 7) is 0. The lowest BCUT2D eigenvalue weighted by Crippen LogP contribution is -2.10. The summed E-state index contributed by atoms with van der Waals surface area (Å²) in [4.78, 5) is 33.6. The van der Waals surface area contributed by atoms with Crippen LogP contribution in [0.4, 0.5) is 17.1 Å². The molecule has 0 atom stereocenters. The van der Waals surface area contributed by atoms with Crippen LogP contribution >= 0.6 is 0 Å². The van der Waals surface area contributed by atoms with E-state index in [4.69, 9.17) is 9.47 Å². The Balaban J connectivity index is 1.56. The molecule has 11 heteroatoms. The van der Waals surface area contributed by atoms with Crippen LogP contribution in [-0.2, 0) is 0 Å². The van der Waals surface area contributed by atoms with Crippen molar-refractivity contribution in [2.45, 2.75) is 0 Å². The van der Waals surface area contributed by atoms with Gasteiger partial charge in [-0.15, -0.1) is 0 Å². The molecule has 0 aliphatic heterocycles. The summed E-state index contributed by atoms with van der Waals surface area (Å²) in [6.07, 6.45) is 1.35. The molecule has 180 valence electrons. The standard InChI is InChI=1S/C25H18N4O7/c1-35-23-12-9-16(15-26-27-21-11-10-18(28(31)32)14-22(21)29(33)34)13-24(23)36-25(30)20-8-4-6-17-5-2-3-7-19(17)20/h2-15,27H,1H3/b26-15-. The molecule has 36 heavy (non-hydrogen) atoms. The molecule has 11 nitrogen and oxygen atoms in total. The molecule has 0 bridgehead atoms. The predicted molar refractivity (Wildman–Crippen MR) is 133 cm³/mol. The number of hydrazone groups is 1. The molecule has 0 unspecified atom stereocenters. The zero-order valence-corrected chi connectivity index (χ0v) is 18.8.